The number of hydrogen-bond acceptors (Lipinski definition) is 4. The zero-order valence-electron chi connectivity index (χ0n) is 13.3. The highest BCUT2D eigenvalue weighted by Gasteiger charge is 2.07. The van der Waals surface area contributed by atoms with Crippen molar-refractivity contribution in [1.82, 2.24) is 10.7 Å². The van der Waals surface area contributed by atoms with Crippen molar-refractivity contribution in [3.63, 3.8) is 0 Å². The van der Waals surface area contributed by atoms with Crippen LogP contribution in [-0.4, -0.2) is 31.7 Å². The maximum absolute atomic E-state index is 11.9. The molecule has 2 amide bonds. The fourth-order valence-electron chi connectivity index (χ4n) is 1.88. The van der Waals surface area contributed by atoms with Crippen LogP contribution in [0.1, 0.15) is 15.9 Å². The number of benzene rings is 2. The summed E-state index contributed by atoms with van der Waals surface area (Å²) in [6.45, 7) is -0.200. The molecular formula is C17H15BrClN3O3. The summed E-state index contributed by atoms with van der Waals surface area (Å²) < 4.78 is 6.06. The van der Waals surface area contributed by atoms with Crippen molar-refractivity contribution in [1.29, 1.82) is 0 Å². The van der Waals surface area contributed by atoms with E-state index in [1.54, 1.807) is 43.5 Å². The second kappa shape index (κ2) is 9.19. The molecular weight excluding hydrogens is 410 g/mol. The van der Waals surface area contributed by atoms with Crippen LogP contribution in [-0.2, 0) is 4.79 Å². The van der Waals surface area contributed by atoms with E-state index >= 15 is 0 Å². The highest BCUT2D eigenvalue weighted by atomic mass is 79.9. The van der Waals surface area contributed by atoms with Crippen LogP contribution in [0.2, 0.25) is 5.02 Å². The number of carbonyl (C=O) groups is 2. The zero-order valence-corrected chi connectivity index (χ0v) is 15.6. The number of hydrogen-bond donors (Lipinski definition) is 2. The molecule has 0 aliphatic heterocycles. The average Bonchev–Trinajstić information content (AvgIpc) is 2.60. The van der Waals surface area contributed by atoms with E-state index in [9.17, 15) is 9.59 Å². The predicted molar refractivity (Wildman–Crippen MR) is 100 cm³/mol. The second-order valence-electron chi connectivity index (χ2n) is 4.87. The van der Waals surface area contributed by atoms with Crippen molar-refractivity contribution in [3.05, 3.63) is 63.1 Å². The smallest absolute Gasteiger partial charge is 0.259 e. The van der Waals surface area contributed by atoms with Crippen molar-refractivity contribution in [2.24, 2.45) is 5.10 Å². The minimum atomic E-state index is -0.451. The number of rotatable bonds is 6. The number of hydrazone groups is 1. The van der Waals surface area contributed by atoms with Crippen molar-refractivity contribution >= 4 is 45.6 Å². The lowest BCUT2D eigenvalue weighted by atomic mass is 10.2. The third-order valence-electron chi connectivity index (χ3n) is 3.10. The first-order chi connectivity index (χ1) is 12.0. The average molecular weight is 425 g/mol. The molecule has 2 N–H and O–H groups in total. The van der Waals surface area contributed by atoms with Gasteiger partial charge in [-0.25, -0.2) is 5.43 Å². The second-order valence-corrected chi connectivity index (χ2v) is 6.22. The van der Waals surface area contributed by atoms with Crippen molar-refractivity contribution in [2.45, 2.75) is 0 Å². The Morgan fingerprint density at radius 1 is 1.24 bits per heavy atom. The largest absolute Gasteiger partial charge is 0.496 e. The molecule has 130 valence electrons. The van der Waals surface area contributed by atoms with Gasteiger partial charge in [0.1, 0.15) is 5.75 Å². The lowest BCUT2D eigenvalue weighted by Gasteiger charge is -2.05. The highest BCUT2D eigenvalue weighted by molar-refractivity contribution is 9.10. The molecule has 0 radical (unpaired) electrons. The van der Waals surface area contributed by atoms with Crippen molar-refractivity contribution < 1.29 is 14.3 Å². The van der Waals surface area contributed by atoms with E-state index in [-0.39, 0.29) is 12.5 Å². The molecule has 0 spiro atoms. The number of amides is 2. The van der Waals surface area contributed by atoms with Gasteiger partial charge >= 0.3 is 0 Å². The first-order valence-corrected chi connectivity index (χ1v) is 8.36. The number of methoxy groups -OCH3 is 1. The molecule has 0 bridgehead atoms. The monoisotopic (exact) mass is 423 g/mol. The lowest BCUT2D eigenvalue weighted by molar-refractivity contribution is -0.120. The SMILES string of the molecule is COc1ccc(Br)cc1/C=N\NC(=O)CNC(=O)c1ccc(Cl)cc1. The Morgan fingerprint density at radius 2 is 1.96 bits per heavy atom. The maximum atomic E-state index is 11.9. The molecule has 0 aliphatic rings. The van der Waals surface area contributed by atoms with E-state index in [0.29, 0.717) is 21.9 Å². The molecule has 0 fully saturated rings. The summed E-state index contributed by atoms with van der Waals surface area (Å²) >= 11 is 9.11. The molecule has 6 nitrogen and oxygen atoms in total. The molecule has 2 rings (SSSR count). The van der Waals surface area contributed by atoms with Gasteiger partial charge in [-0.3, -0.25) is 9.59 Å². The molecule has 2 aromatic carbocycles. The molecule has 8 heteroatoms. The fourth-order valence-corrected chi connectivity index (χ4v) is 2.39. The van der Waals surface area contributed by atoms with Crippen LogP contribution in [0.3, 0.4) is 0 Å². The Labute approximate surface area is 158 Å². The Hall–Kier alpha value is -2.38. The number of halogens is 2. The third kappa shape index (κ3) is 5.88. The molecule has 0 heterocycles. The number of carbonyl (C=O) groups excluding carboxylic acids is 2. The van der Waals surface area contributed by atoms with E-state index in [2.05, 4.69) is 31.8 Å². The third-order valence-corrected chi connectivity index (χ3v) is 3.85. The van der Waals surface area contributed by atoms with E-state index in [1.807, 2.05) is 6.07 Å². The summed E-state index contributed by atoms with van der Waals surface area (Å²) in [5.74, 6) is -0.200. The highest BCUT2D eigenvalue weighted by Crippen LogP contribution is 2.21. The summed E-state index contributed by atoms with van der Waals surface area (Å²) in [5, 5.41) is 6.89. The first-order valence-electron chi connectivity index (χ1n) is 7.19. The first kappa shape index (κ1) is 19.0. The van der Waals surface area contributed by atoms with Gasteiger partial charge in [-0.15, -0.1) is 0 Å². The van der Waals surface area contributed by atoms with Crippen LogP contribution in [0.5, 0.6) is 5.75 Å². The minimum absolute atomic E-state index is 0.200. The van der Waals surface area contributed by atoms with Gasteiger partial charge in [0.2, 0.25) is 0 Å². The van der Waals surface area contributed by atoms with Gasteiger partial charge < -0.3 is 10.1 Å². The van der Waals surface area contributed by atoms with Crippen LogP contribution < -0.4 is 15.5 Å². The Morgan fingerprint density at radius 3 is 2.64 bits per heavy atom. The van der Waals surface area contributed by atoms with Gasteiger partial charge in [-0.05, 0) is 42.5 Å². The van der Waals surface area contributed by atoms with Gasteiger partial charge in [-0.1, -0.05) is 27.5 Å². The maximum Gasteiger partial charge on any atom is 0.259 e. The standard InChI is InChI=1S/C17H15BrClN3O3/c1-25-15-7-4-13(18)8-12(15)9-21-22-16(23)10-20-17(24)11-2-5-14(19)6-3-11/h2-9H,10H2,1H3,(H,20,24)(H,22,23)/b21-9-. The number of ether oxygens (including phenoxy) is 1. The van der Waals surface area contributed by atoms with E-state index in [4.69, 9.17) is 16.3 Å². The topological polar surface area (TPSA) is 79.8 Å². The van der Waals surface area contributed by atoms with Crippen molar-refractivity contribution in [3.8, 4) is 5.75 Å². The van der Waals surface area contributed by atoms with E-state index in [0.717, 1.165) is 4.47 Å². The molecule has 25 heavy (non-hydrogen) atoms. The molecule has 0 saturated carbocycles. The molecule has 0 aromatic heterocycles. The Bertz CT molecular complexity index is 794. The van der Waals surface area contributed by atoms with Crippen LogP contribution >= 0.6 is 27.5 Å². The summed E-state index contributed by atoms with van der Waals surface area (Å²) in [7, 11) is 1.55. The minimum Gasteiger partial charge on any atom is -0.496 e. The van der Waals surface area contributed by atoms with Gasteiger partial charge in [0.25, 0.3) is 11.8 Å². The van der Waals surface area contributed by atoms with Gasteiger partial charge in [0.05, 0.1) is 19.9 Å². The van der Waals surface area contributed by atoms with E-state index in [1.165, 1.54) is 6.21 Å². The summed E-state index contributed by atoms with van der Waals surface area (Å²) in [5.41, 5.74) is 3.45. The van der Waals surface area contributed by atoms with Crippen LogP contribution in [0.15, 0.2) is 52.0 Å². The molecule has 0 saturated heterocycles. The normalized spacial score (nSPS) is 10.5. The number of nitrogens with one attached hydrogen (secondary N) is 2. The molecule has 0 unspecified atom stereocenters. The van der Waals surface area contributed by atoms with Crippen LogP contribution in [0.25, 0.3) is 0 Å². The summed E-state index contributed by atoms with van der Waals surface area (Å²) in [6, 6.07) is 11.8. The Balaban J connectivity index is 1.85. The van der Waals surface area contributed by atoms with Crippen molar-refractivity contribution in [2.75, 3.05) is 13.7 Å². The predicted octanol–water partition coefficient (Wildman–Crippen LogP) is 2.99. The quantitative estimate of drug-likeness (QED) is 0.553. The van der Waals surface area contributed by atoms with Gasteiger partial charge in [0, 0.05) is 20.6 Å². The molecule has 0 atom stereocenters. The number of nitrogens with zero attached hydrogens (tertiary/aromatic N) is 1. The molecule has 0 aliphatic carbocycles. The van der Waals surface area contributed by atoms with Crippen LogP contribution in [0, 0.1) is 0 Å². The lowest BCUT2D eigenvalue weighted by Crippen LogP contribution is -2.34. The van der Waals surface area contributed by atoms with Crippen LogP contribution in [0.4, 0.5) is 0 Å². The molecule has 2 aromatic rings. The Kier molecular flexibility index (Phi) is 6.97. The van der Waals surface area contributed by atoms with E-state index < -0.39 is 5.91 Å². The summed E-state index contributed by atoms with van der Waals surface area (Å²) in [4.78, 5) is 23.6. The fraction of sp³-hybridized carbons (Fsp3) is 0.118. The zero-order chi connectivity index (χ0) is 18.2. The van der Waals surface area contributed by atoms with Gasteiger partial charge in [0.15, 0.2) is 0 Å². The summed E-state index contributed by atoms with van der Waals surface area (Å²) in [6.07, 6.45) is 1.46. The van der Waals surface area contributed by atoms with Gasteiger partial charge in [-0.2, -0.15) is 5.10 Å².